The number of hydrogen-bond donors (Lipinski definition) is 1. The van der Waals surface area contributed by atoms with Crippen molar-refractivity contribution in [3.8, 4) is 11.3 Å². The Kier molecular flexibility index (Phi) is 4.65. The lowest BCUT2D eigenvalue weighted by Crippen LogP contribution is -2.12. The van der Waals surface area contributed by atoms with Crippen LogP contribution >= 0.6 is 22.7 Å². The average molecular weight is 328 g/mol. The van der Waals surface area contributed by atoms with Crippen molar-refractivity contribution in [1.82, 2.24) is 4.98 Å². The lowest BCUT2D eigenvalue weighted by Gasteiger charge is -2.05. The molecule has 0 saturated heterocycles. The Morgan fingerprint density at radius 2 is 2.00 bits per heavy atom. The summed E-state index contributed by atoms with van der Waals surface area (Å²) in [5, 5.41) is 10.2. The highest BCUT2D eigenvalue weighted by Crippen LogP contribution is 2.23. The maximum atomic E-state index is 11.9. The Hall–Kier alpha value is -1.98. The molecule has 0 atom stereocenters. The SMILES string of the molecule is Cc1nc(-c2ccc(NC(=O)CCc3ccsc3)cc2)cs1. The third-order valence-electron chi connectivity index (χ3n) is 3.30. The Labute approximate surface area is 137 Å². The molecule has 2 heterocycles. The number of nitrogens with zero attached hydrogens (tertiary/aromatic N) is 1. The van der Waals surface area contributed by atoms with E-state index in [2.05, 4.69) is 21.7 Å². The zero-order chi connectivity index (χ0) is 15.4. The largest absolute Gasteiger partial charge is 0.326 e. The van der Waals surface area contributed by atoms with E-state index in [1.807, 2.05) is 41.9 Å². The maximum absolute atomic E-state index is 11.9. The van der Waals surface area contributed by atoms with Crippen molar-refractivity contribution in [2.45, 2.75) is 19.8 Å². The van der Waals surface area contributed by atoms with Crippen molar-refractivity contribution >= 4 is 34.3 Å². The number of carbonyl (C=O) groups is 1. The van der Waals surface area contributed by atoms with Crippen LogP contribution in [-0.2, 0) is 11.2 Å². The lowest BCUT2D eigenvalue weighted by atomic mass is 10.1. The van der Waals surface area contributed by atoms with Gasteiger partial charge in [0.25, 0.3) is 0 Å². The van der Waals surface area contributed by atoms with Gasteiger partial charge in [-0.2, -0.15) is 11.3 Å². The van der Waals surface area contributed by atoms with Gasteiger partial charge in [0.15, 0.2) is 0 Å². The highest BCUT2D eigenvalue weighted by Gasteiger charge is 2.05. The number of aryl methyl sites for hydroxylation is 2. The van der Waals surface area contributed by atoms with E-state index in [9.17, 15) is 4.79 Å². The van der Waals surface area contributed by atoms with Gasteiger partial charge in [0.05, 0.1) is 10.7 Å². The molecule has 1 amide bonds. The Morgan fingerprint density at radius 3 is 2.64 bits per heavy atom. The van der Waals surface area contributed by atoms with E-state index in [1.54, 1.807) is 22.7 Å². The van der Waals surface area contributed by atoms with E-state index in [-0.39, 0.29) is 5.91 Å². The number of hydrogen-bond acceptors (Lipinski definition) is 4. The Bertz CT molecular complexity index is 745. The fraction of sp³-hybridized carbons (Fsp3) is 0.176. The number of nitrogens with one attached hydrogen (secondary N) is 1. The van der Waals surface area contributed by atoms with Gasteiger partial charge in [-0.15, -0.1) is 11.3 Å². The van der Waals surface area contributed by atoms with Gasteiger partial charge in [0.1, 0.15) is 0 Å². The third-order valence-corrected chi connectivity index (χ3v) is 4.81. The molecule has 0 fully saturated rings. The van der Waals surface area contributed by atoms with Gasteiger partial charge < -0.3 is 5.32 Å². The van der Waals surface area contributed by atoms with Crippen LogP contribution in [0.3, 0.4) is 0 Å². The van der Waals surface area contributed by atoms with Crippen molar-refractivity contribution in [2.75, 3.05) is 5.32 Å². The predicted octanol–water partition coefficient (Wildman–Crippen LogP) is 4.75. The van der Waals surface area contributed by atoms with Crippen LogP contribution in [0, 0.1) is 6.92 Å². The molecule has 0 aliphatic carbocycles. The molecule has 1 N–H and O–H groups in total. The summed E-state index contributed by atoms with van der Waals surface area (Å²) in [6.07, 6.45) is 1.29. The van der Waals surface area contributed by atoms with Gasteiger partial charge in [0, 0.05) is 23.1 Å². The van der Waals surface area contributed by atoms with E-state index in [0.29, 0.717) is 6.42 Å². The first-order valence-electron chi connectivity index (χ1n) is 7.04. The quantitative estimate of drug-likeness (QED) is 0.734. The molecule has 22 heavy (non-hydrogen) atoms. The third kappa shape index (κ3) is 3.81. The number of rotatable bonds is 5. The average Bonchev–Trinajstić information content (AvgIpc) is 3.17. The Morgan fingerprint density at radius 1 is 1.18 bits per heavy atom. The normalized spacial score (nSPS) is 10.6. The highest BCUT2D eigenvalue weighted by molar-refractivity contribution is 7.09. The number of anilines is 1. The summed E-state index contributed by atoms with van der Waals surface area (Å²) in [5.74, 6) is 0.0449. The van der Waals surface area contributed by atoms with Gasteiger partial charge in [0.2, 0.25) is 5.91 Å². The molecular formula is C17H16N2OS2. The molecule has 0 spiro atoms. The second-order valence-corrected chi connectivity index (χ2v) is 6.85. The molecule has 112 valence electrons. The number of carbonyl (C=O) groups excluding carboxylic acids is 1. The molecule has 3 rings (SSSR count). The molecule has 5 heteroatoms. The van der Waals surface area contributed by atoms with Gasteiger partial charge in [-0.05, 0) is 47.9 Å². The van der Waals surface area contributed by atoms with Crippen molar-refractivity contribution in [3.05, 3.63) is 57.0 Å². The molecule has 0 unspecified atom stereocenters. The smallest absolute Gasteiger partial charge is 0.224 e. The van der Waals surface area contributed by atoms with Crippen LogP contribution < -0.4 is 5.32 Å². The second-order valence-electron chi connectivity index (χ2n) is 5.01. The summed E-state index contributed by atoms with van der Waals surface area (Å²) in [4.78, 5) is 16.4. The van der Waals surface area contributed by atoms with Crippen molar-refractivity contribution in [1.29, 1.82) is 0 Å². The summed E-state index contributed by atoms with van der Waals surface area (Å²) >= 11 is 3.30. The summed E-state index contributed by atoms with van der Waals surface area (Å²) in [5.41, 5.74) is 4.10. The maximum Gasteiger partial charge on any atom is 0.224 e. The minimum Gasteiger partial charge on any atom is -0.326 e. The standard InChI is InChI=1S/C17H16N2OS2/c1-12-18-16(11-22-12)14-3-5-15(6-4-14)19-17(20)7-2-13-8-9-21-10-13/h3-6,8-11H,2,7H2,1H3,(H,19,20). The first-order chi connectivity index (χ1) is 10.7. The van der Waals surface area contributed by atoms with Crippen LogP contribution in [0.15, 0.2) is 46.5 Å². The molecule has 0 aliphatic heterocycles. The zero-order valence-electron chi connectivity index (χ0n) is 12.2. The summed E-state index contributed by atoms with van der Waals surface area (Å²) < 4.78 is 0. The van der Waals surface area contributed by atoms with E-state index in [0.717, 1.165) is 28.4 Å². The van der Waals surface area contributed by atoms with Crippen molar-refractivity contribution < 1.29 is 4.79 Å². The molecule has 3 aromatic rings. The topological polar surface area (TPSA) is 42.0 Å². The fourth-order valence-corrected chi connectivity index (χ4v) is 3.46. The number of amides is 1. The Balaban J connectivity index is 1.57. The summed E-state index contributed by atoms with van der Waals surface area (Å²) in [7, 11) is 0. The van der Waals surface area contributed by atoms with Crippen molar-refractivity contribution in [3.63, 3.8) is 0 Å². The molecule has 0 aliphatic rings. The number of benzene rings is 1. The summed E-state index contributed by atoms with van der Waals surface area (Å²) in [6, 6.07) is 9.88. The minimum absolute atomic E-state index is 0.0449. The minimum atomic E-state index is 0.0449. The number of thiazole rings is 1. The molecule has 0 saturated carbocycles. The summed E-state index contributed by atoms with van der Waals surface area (Å²) in [6.45, 7) is 2.00. The van der Waals surface area contributed by atoms with Gasteiger partial charge in [-0.1, -0.05) is 12.1 Å². The lowest BCUT2D eigenvalue weighted by molar-refractivity contribution is -0.116. The monoisotopic (exact) mass is 328 g/mol. The first kappa shape index (κ1) is 14.9. The van der Waals surface area contributed by atoms with Crippen LogP contribution in [0.2, 0.25) is 0 Å². The molecule has 0 bridgehead atoms. The second kappa shape index (κ2) is 6.85. The number of thiophene rings is 1. The van der Waals surface area contributed by atoms with Crippen molar-refractivity contribution in [2.24, 2.45) is 0 Å². The zero-order valence-corrected chi connectivity index (χ0v) is 13.8. The van der Waals surface area contributed by atoms with Gasteiger partial charge in [-0.25, -0.2) is 4.98 Å². The molecular weight excluding hydrogens is 312 g/mol. The first-order valence-corrected chi connectivity index (χ1v) is 8.86. The van der Waals surface area contributed by atoms with Crippen LogP contribution in [-0.4, -0.2) is 10.9 Å². The molecule has 2 aromatic heterocycles. The number of aromatic nitrogens is 1. The van der Waals surface area contributed by atoms with E-state index in [1.165, 1.54) is 5.56 Å². The fourth-order valence-electron chi connectivity index (χ4n) is 2.14. The predicted molar refractivity (Wildman–Crippen MR) is 93.6 cm³/mol. The van der Waals surface area contributed by atoms with Crippen LogP contribution in [0.25, 0.3) is 11.3 Å². The van der Waals surface area contributed by atoms with Crippen LogP contribution in [0.5, 0.6) is 0 Å². The highest BCUT2D eigenvalue weighted by atomic mass is 32.1. The van der Waals surface area contributed by atoms with E-state index in [4.69, 9.17) is 0 Å². The molecule has 1 aromatic carbocycles. The van der Waals surface area contributed by atoms with E-state index >= 15 is 0 Å². The van der Waals surface area contributed by atoms with Gasteiger partial charge in [-0.3, -0.25) is 4.79 Å². The molecule has 0 radical (unpaired) electrons. The van der Waals surface area contributed by atoms with E-state index < -0.39 is 0 Å². The molecule has 3 nitrogen and oxygen atoms in total. The van der Waals surface area contributed by atoms with Crippen LogP contribution in [0.1, 0.15) is 17.0 Å². The van der Waals surface area contributed by atoms with Crippen LogP contribution in [0.4, 0.5) is 5.69 Å². The van der Waals surface area contributed by atoms with Gasteiger partial charge >= 0.3 is 0 Å².